The Bertz CT molecular complexity index is 819. The molecule has 2 aromatic heterocycles. The SMILES string of the molecule is CCCCCCCCSc1nc2c(c(=O)[nH]c(=O)n2C)n1CCC(C)C. The van der Waals surface area contributed by atoms with Crippen molar-refractivity contribution < 1.29 is 0 Å². The summed E-state index contributed by atoms with van der Waals surface area (Å²) in [7, 11) is 1.66. The molecule has 0 aromatic carbocycles. The van der Waals surface area contributed by atoms with Crippen molar-refractivity contribution in [2.45, 2.75) is 77.4 Å². The summed E-state index contributed by atoms with van der Waals surface area (Å²) in [6, 6.07) is 0. The van der Waals surface area contributed by atoms with Crippen LogP contribution in [0.3, 0.4) is 0 Å². The highest BCUT2D eigenvalue weighted by atomic mass is 32.2. The van der Waals surface area contributed by atoms with Gasteiger partial charge in [0, 0.05) is 19.3 Å². The third-order valence-corrected chi connectivity index (χ3v) is 5.69. The first-order chi connectivity index (χ1) is 12.5. The van der Waals surface area contributed by atoms with E-state index < -0.39 is 5.69 Å². The zero-order valence-corrected chi connectivity index (χ0v) is 17.3. The highest BCUT2D eigenvalue weighted by molar-refractivity contribution is 7.99. The smallest absolute Gasteiger partial charge is 0.313 e. The first-order valence-corrected chi connectivity index (χ1v) is 10.8. The molecule has 0 aliphatic rings. The fourth-order valence-electron chi connectivity index (χ4n) is 2.97. The third kappa shape index (κ3) is 5.25. The quantitative estimate of drug-likeness (QED) is 0.474. The van der Waals surface area contributed by atoms with Gasteiger partial charge >= 0.3 is 5.69 Å². The molecule has 26 heavy (non-hydrogen) atoms. The second-order valence-corrected chi connectivity index (χ2v) is 8.40. The molecule has 0 unspecified atom stereocenters. The van der Waals surface area contributed by atoms with Gasteiger partial charge in [0.25, 0.3) is 5.56 Å². The Kier molecular flexibility index (Phi) is 8.00. The lowest BCUT2D eigenvalue weighted by Gasteiger charge is -2.10. The summed E-state index contributed by atoms with van der Waals surface area (Å²) in [6.45, 7) is 7.31. The molecule has 7 heteroatoms. The number of hydrogen-bond donors (Lipinski definition) is 1. The first-order valence-electron chi connectivity index (χ1n) is 9.78. The van der Waals surface area contributed by atoms with E-state index in [-0.39, 0.29) is 5.56 Å². The lowest BCUT2D eigenvalue weighted by Crippen LogP contribution is -2.29. The second kappa shape index (κ2) is 10.00. The van der Waals surface area contributed by atoms with Crippen LogP contribution < -0.4 is 11.2 Å². The fraction of sp³-hybridized carbons (Fsp3) is 0.737. The van der Waals surface area contributed by atoms with E-state index in [0.717, 1.165) is 30.3 Å². The van der Waals surface area contributed by atoms with Crippen LogP contribution in [0.1, 0.15) is 65.7 Å². The molecule has 0 radical (unpaired) electrons. The lowest BCUT2D eigenvalue weighted by atomic mass is 10.1. The molecular formula is C19H32N4O2S. The molecular weight excluding hydrogens is 348 g/mol. The van der Waals surface area contributed by atoms with Crippen molar-refractivity contribution in [2.24, 2.45) is 13.0 Å². The zero-order chi connectivity index (χ0) is 19.1. The van der Waals surface area contributed by atoms with Crippen LogP contribution in [0.25, 0.3) is 11.2 Å². The Morgan fingerprint density at radius 3 is 2.50 bits per heavy atom. The van der Waals surface area contributed by atoms with E-state index in [1.165, 1.54) is 36.7 Å². The van der Waals surface area contributed by atoms with Crippen molar-refractivity contribution in [3.05, 3.63) is 20.8 Å². The van der Waals surface area contributed by atoms with Crippen molar-refractivity contribution in [2.75, 3.05) is 5.75 Å². The van der Waals surface area contributed by atoms with Gasteiger partial charge in [0.1, 0.15) is 0 Å². The minimum Gasteiger partial charge on any atom is -0.313 e. The summed E-state index contributed by atoms with van der Waals surface area (Å²) < 4.78 is 3.42. The molecule has 146 valence electrons. The number of thioether (sulfide) groups is 1. The number of nitrogens with one attached hydrogen (secondary N) is 1. The van der Waals surface area contributed by atoms with Gasteiger partial charge in [0.2, 0.25) is 0 Å². The summed E-state index contributed by atoms with van der Waals surface area (Å²) in [5, 5.41) is 0.848. The number of aromatic amines is 1. The molecule has 0 aliphatic heterocycles. The van der Waals surface area contributed by atoms with E-state index in [1.54, 1.807) is 18.8 Å². The van der Waals surface area contributed by atoms with Gasteiger partial charge in [-0.25, -0.2) is 9.78 Å². The number of unbranched alkanes of at least 4 members (excludes halogenated alkanes) is 5. The maximum atomic E-state index is 12.4. The molecule has 0 bridgehead atoms. The van der Waals surface area contributed by atoms with E-state index in [1.807, 2.05) is 4.57 Å². The van der Waals surface area contributed by atoms with Gasteiger partial charge in [0.15, 0.2) is 16.3 Å². The van der Waals surface area contributed by atoms with Gasteiger partial charge in [-0.1, -0.05) is 64.6 Å². The fourth-order valence-corrected chi connectivity index (χ4v) is 3.99. The average Bonchev–Trinajstić information content (AvgIpc) is 2.96. The van der Waals surface area contributed by atoms with Crippen LogP contribution in [-0.2, 0) is 13.6 Å². The second-order valence-electron chi connectivity index (χ2n) is 7.34. The summed E-state index contributed by atoms with van der Waals surface area (Å²) in [5.74, 6) is 1.53. The molecule has 0 spiro atoms. The minimum absolute atomic E-state index is 0.342. The number of hydrogen-bond acceptors (Lipinski definition) is 4. The molecule has 0 atom stereocenters. The molecule has 2 rings (SSSR count). The maximum absolute atomic E-state index is 12.4. The number of rotatable bonds is 11. The van der Waals surface area contributed by atoms with Gasteiger partial charge in [-0.15, -0.1) is 0 Å². The normalized spacial score (nSPS) is 11.7. The molecule has 1 N–H and O–H groups in total. The first kappa shape index (κ1) is 20.8. The molecule has 0 aliphatic carbocycles. The monoisotopic (exact) mass is 380 g/mol. The Hall–Kier alpha value is -1.50. The summed E-state index contributed by atoms with van der Waals surface area (Å²) in [5.41, 5.74) is 0.236. The predicted octanol–water partition coefficient (Wildman–Crippen LogP) is 3.92. The molecule has 2 heterocycles. The molecule has 0 saturated carbocycles. The van der Waals surface area contributed by atoms with Crippen molar-refractivity contribution in [1.29, 1.82) is 0 Å². The topological polar surface area (TPSA) is 72.7 Å². The number of fused-ring (bicyclic) bond motifs is 1. The Balaban J connectivity index is 2.17. The van der Waals surface area contributed by atoms with E-state index in [0.29, 0.717) is 17.1 Å². The summed E-state index contributed by atoms with van der Waals surface area (Å²) in [6.07, 6.45) is 8.53. The van der Waals surface area contributed by atoms with Gasteiger partial charge < -0.3 is 4.57 Å². The van der Waals surface area contributed by atoms with Gasteiger partial charge in [0.05, 0.1) is 0 Å². The number of aromatic nitrogens is 4. The van der Waals surface area contributed by atoms with Crippen molar-refractivity contribution >= 4 is 22.9 Å². The van der Waals surface area contributed by atoms with Crippen LogP contribution in [0, 0.1) is 5.92 Å². The molecule has 6 nitrogen and oxygen atoms in total. The van der Waals surface area contributed by atoms with Crippen LogP contribution in [0.2, 0.25) is 0 Å². The standard InChI is InChI=1S/C19H32N4O2S/c1-5-6-7-8-9-10-13-26-19-20-16-15(23(19)12-11-14(2)3)17(24)21-18(25)22(16)4/h14H,5-13H2,1-4H3,(H,21,24,25). The third-order valence-electron chi connectivity index (χ3n) is 4.63. The minimum atomic E-state index is -0.413. The summed E-state index contributed by atoms with van der Waals surface area (Å²) >= 11 is 1.70. The molecule has 2 aromatic rings. The van der Waals surface area contributed by atoms with Crippen LogP contribution in [-0.4, -0.2) is 24.9 Å². The highest BCUT2D eigenvalue weighted by Crippen LogP contribution is 2.24. The van der Waals surface area contributed by atoms with Gasteiger partial charge in [-0.05, 0) is 18.8 Å². The van der Waals surface area contributed by atoms with Crippen molar-refractivity contribution in [3.8, 4) is 0 Å². The zero-order valence-electron chi connectivity index (χ0n) is 16.5. The molecule has 0 amide bonds. The molecule has 0 saturated heterocycles. The Labute approximate surface area is 159 Å². The highest BCUT2D eigenvalue weighted by Gasteiger charge is 2.17. The van der Waals surface area contributed by atoms with E-state index in [2.05, 4.69) is 30.7 Å². The van der Waals surface area contributed by atoms with Gasteiger partial charge in [-0.2, -0.15) is 0 Å². The Morgan fingerprint density at radius 2 is 1.81 bits per heavy atom. The Morgan fingerprint density at radius 1 is 1.12 bits per heavy atom. The molecule has 0 fully saturated rings. The maximum Gasteiger partial charge on any atom is 0.329 e. The number of aryl methyl sites for hydroxylation is 2. The van der Waals surface area contributed by atoms with E-state index in [9.17, 15) is 9.59 Å². The largest absolute Gasteiger partial charge is 0.329 e. The lowest BCUT2D eigenvalue weighted by molar-refractivity contribution is 0.503. The van der Waals surface area contributed by atoms with Crippen molar-refractivity contribution in [3.63, 3.8) is 0 Å². The summed E-state index contributed by atoms with van der Waals surface area (Å²) in [4.78, 5) is 31.3. The van der Waals surface area contributed by atoms with Crippen LogP contribution in [0.4, 0.5) is 0 Å². The average molecular weight is 381 g/mol. The predicted molar refractivity (Wildman–Crippen MR) is 109 cm³/mol. The van der Waals surface area contributed by atoms with E-state index in [4.69, 9.17) is 0 Å². The van der Waals surface area contributed by atoms with Crippen LogP contribution in [0.5, 0.6) is 0 Å². The number of nitrogens with zero attached hydrogens (tertiary/aromatic N) is 3. The number of imidazole rings is 1. The number of H-pyrrole nitrogens is 1. The van der Waals surface area contributed by atoms with Gasteiger partial charge in [-0.3, -0.25) is 14.3 Å². The van der Waals surface area contributed by atoms with E-state index >= 15 is 0 Å². The van der Waals surface area contributed by atoms with Crippen LogP contribution >= 0.6 is 11.8 Å². The van der Waals surface area contributed by atoms with Crippen molar-refractivity contribution in [1.82, 2.24) is 19.1 Å². The van der Waals surface area contributed by atoms with Crippen LogP contribution in [0.15, 0.2) is 14.7 Å².